The van der Waals surface area contributed by atoms with Gasteiger partial charge < -0.3 is 15.6 Å². The van der Waals surface area contributed by atoms with Gasteiger partial charge >= 0.3 is 0 Å². The van der Waals surface area contributed by atoms with Crippen LogP contribution in [0, 0.1) is 5.92 Å². The van der Waals surface area contributed by atoms with Crippen molar-refractivity contribution in [3.63, 3.8) is 0 Å². The molecule has 1 aliphatic rings. The highest BCUT2D eigenvalue weighted by Gasteiger charge is 2.16. The van der Waals surface area contributed by atoms with Crippen molar-refractivity contribution >= 4 is 0 Å². The summed E-state index contributed by atoms with van der Waals surface area (Å²) in [6, 6.07) is 7.69. The third-order valence-corrected chi connectivity index (χ3v) is 3.89. The molecule has 1 fully saturated rings. The maximum absolute atomic E-state index is 9.95. The van der Waals surface area contributed by atoms with E-state index in [0.717, 1.165) is 30.8 Å². The van der Waals surface area contributed by atoms with Gasteiger partial charge in [0.25, 0.3) is 0 Å². The number of hydrogen-bond acceptors (Lipinski definition) is 3. The van der Waals surface area contributed by atoms with E-state index in [0.29, 0.717) is 18.9 Å². The van der Waals surface area contributed by atoms with Crippen molar-refractivity contribution in [2.75, 3.05) is 13.2 Å². The van der Waals surface area contributed by atoms with Gasteiger partial charge in [0, 0.05) is 0 Å². The maximum atomic E-state index is 9.95. The summed E-state index contributed by atoms with van der Waals surface area (Å²) in [5.74, 6) is 1.41. The Balaban J connectivity index is 1.89. The summed E-state index contributed by atoms with van der Waals surface area (Å²) in [6.45, 7) is 5.29. The first kappa shape index (κ1) is 15.1. The van der Waals surface area contributed by atoms with Gasteiger partial charge in [0.15, 0.2) is 0 Å². The molecule has 0 unspecified atom stereocenters. The van der Waals surface area contributed by atoms with Crippen LogP contribution in [0.1, 0.15) is 43.8 Å². The maximum Gasteiger partial charge on any atom is 0.119 e. The van der Waals surface area contributed by atoms with E-state index >= 15 is 0 Å². The van der Waals surface area contributed by atoms with Gasteiger partial charge in [-0.1, -0.05) is 24.3 Å². The van der Waals surface area contributed by atoms with Crippen molar-refractivity contribution < 1.29 is 9.84 Å². The number of aliphatic hydroxyl groups is 1. The summed E-state index contributed by atoms with van der Waals surface area (Å²) in [5, 5.41) is 9.95. The van der Waals surface area contributed by atoms with Gasteiger partial charge in [-0.2, -0.15) is 0 Å². The molecule has 1 saturated carbocycles. The van der Waals surface area contributed by atoms with Crippen LogP contribution in [0.4, 0.5) is 0 Å². The molecule has 0 amide bonds. The summed E-state index contributed by atoms with van der Waals surface area (Å²) in [4.78, 5) is 0. The highest BCUT2D eigenvalue weighted by atomic mass is 16.5. The standard InChI is InChI=1S/C17H25NO2/c1-13-4-2-5-14(10-13)12-20-16-7-3-6-15(11-16)17(19)8-9-18/h3,6-7,11,14,17,19H,1-2,4-5,8-10,12,18H2/t14-,17-/m1/s1. The van der Waals surface area contributed by atoms with Gasteiger partial charge in [-0.05, 0) is 62.3 Å². The summed E-state index contributed by atoms with van der Waals surface area (Å²) >= 11 is 0. The average molecular weight is 275 g/mol. The summed E-state index contributed by atoms with van der Waals surface area (Å²) in [7, 11) is 0. The topological polar surface area (TPSA) is 55.5 Å². The predicted molar refractivity (Wildman–Crippen MR) is 81.7 cm³/mol. The van der Waals surface area contributed by atoms with Gasteiger partial charge in [0.1, 0.15) is 5.75 Å². The minimum atomic E-state index is -0.502. The lowest BCUT2D eigenvalue weighted by atomic mass is 9.87. The SMILES string of the molecule is C=C1CCC[C@@H](COc2cccc([C@H](O)CCN)c2)C1. The lowest BCUT2D eigenvalue weighted by Gasteiger charge is -2.23. The second kappa shape index (κ2) is 7.46. The Bertz CT molecular complexity index is 444. The molecule has 3 N–H and O–H groups in total. The zero-order chi connectivity index (χ0) is 14.4. The first-order valence-corrected chi connectivity index (χ1v) is 7.46. The lowest BCUT2D eigenvalue weighted by molar-refractivity contribution is 0.169. The monoisotopic (exact) mass is 275 g/mol. The zero-order valence-corrected chi connectivity index (χ0v) is 12.1. The van der Waals surface area contributed by atoms with Crippen LogP contribution in [-0.2, 0) is 0 Å². The molecule has 1 aliphatic carbocycles. The third-order valence-electron chi connectivity index (χ3n) is 3.89. The van der Waals surface area contributed by atoms with Crippen molar-refractivity contribution in [3.8, 4) is 5.75 Å². The molecule has 2 atom stereocenters. The normalized spacial score (nSPS) is 20.7. The molecule has 3 heteroatoms. The molecule has 1 aromatic rings. The number of allylic oxidation sites excluding steroid dienone is 1. The Kier molecular flexibility index (Phi) is 5.62. The van der Waals surface area contributed by atoms with Crippen molar-refractivity contribution in [3.05, 3.63) is 42.0 Å². The number of nitrogens with two attached hydrogens (primary N) is 1. The van der Waals surface area contributed by atoms with Gasteiger partial charge in [-0.25, -0.2) is 0 Å². The van der Waals surface area contributed by atoms with Crippen molar-refractivity contribution in [1.82, 2.24) is 0 Å². The summed E-state index contributed by atoms with van der Waals surface area (Å²) in [6.07, 6.45) is 4.76. The fourth-order valence-corrected chi connectivity index (χ4v) is 2.75. The third kappa shape index (κ3) is 4.36. The zero-order valence-electron chi connectivity index (χ0n) is 12.1. The summed E-state index contributed by atoms with van der Waals surface area (Å²) in [5.41, 5.74) is 7.69. The highest BCUT2D eigenvalue weighted by Crippen LogP contribution is 2.28. The fraction of sp³-hybridized carbons (Fsp3) is 0.529. The lowest BCUT2D eigenvalue weighted by Crippen LogP contribution is -2.16. The molecular formula is C17H25NO2. The molecule has 0 aromatic heterocycles. The Morgan fingerprint density at radius 2 is 2.30 bits per heavy atom. The fourth-order valence-electron chi connectivity index (χ4n) is 2.75. The predicted octanol–water partition coefficient (Wildman–Crippen LogP) is 3.19. The molecule has 2 rings (SSSR count). The van der Waals surface area contributed by atoms with Crippen LogP contribution < -0.4 is 10.5 Å². The molecule has 0 heterocycles. The Morgan fingerprint density at radius 1 is 1.45 bits per heavy atom. The van der Waals surface area contributed by atoms with E-state index in [2.05, 4.69) is 6.58 Å². The van der Waals surface area contributed by atoms with Crippen LogP contribution in [0.3, 0.4) is 0 Å². The van der Waals surface area contributed by atoms with Crippen LogP contribution in [0.15, 0.2) is 36.4 Å². The molecule has 3 nitrogen and oxygen atoms in total. The van der Waals surface area contributed by atoms with Crippen molar-refractivity contribution in [2.45, 2.75) is 38.2 Å². The smallest absolute Gasteiger partial charge is 0.119 e. The first-order valence-electron chi connectivity index (χ1n) is 7.46. The van der Waals surface area contributed by atoms with Crippen molar-refractivity contribution in [1.29, 1.82) is 0 Å². The Morgan fingerprint density at radius 3 is 3.05 bits per heavy atom. The van der Waals surface area contributed by atoms with E-state index in [1.54, 1.807) is 0 Å². The van der Waals surface area contributed by atoms with Crippen LogP contribution in [-0.4, -0.2) is 18.3 Å². The molecule has 20 heavy (non-hydrogen) atoms. The van der Waals surface area contributed by atoms with Crippen LogP contribution >= 0.6 is 0 Å². The highest BCUT2D eigenvalue weighted by molar-refractivity contribution is 5.30. The molecule has 110 valence electrons. The van der Waals surface area contributed by atoms with Gasteiger partial charge in [-0.3, -0.25) is 0 Å². The van der Waals surface area contributed by atoms with E-state index < -0.39 is 6.10 Å². The Hall–Kier alpha value is -1.32. The summed E-state index contributed by atoms with van der Waals surface area (Å²) < 4.78 is 5.88. The first-order chi connectivity index (χ1) is 9.69. The average Bonchev–Trinajstić information content (AvgIpc) is 2.46. The van der Waals surface area contributed by atoms with E-state index in [4.69, 9.17) is 10.5 Å². The second-order valence-corrected chi connectivity index (χ2v) is 5.69. The van der Waals surface area contributed by atoms with Gasteiger partial charge in [0.05, 0.1) is 12.7 Å². The van der Waals surface area contributed by atoms with E-state index in [1.165, 1.54) is 18.4 Å². The second-order valence-electron chi connectivity index (χ2n) is 5.69. The molecule has 0 radical (unpaired) electrons. The minimum Gasteiger partial charge on any atom is -0.493 e. The molecular weight excluding hydrogens is 250 g/mol. The largest absolute Gasteiger partial charge is 0.493 e. The molecule has 0 saturated heterocycles. The van der Waals surface area contributed by atoms with E-state index in [9.17, 15) is 5.11 Å². The van der Waals surface area contributed by atoms with Gasteiger partial charge in [0.2, 0.25) is 0 Å². The number of hydrogen-bond donors (Lipinski definition) is 2. The number of ether oxygens (including phenoxy) is 1. The van der Waals surface area contributed by atoms with Crippen LogP contribution in [0.2, 0.25) is 0 Å². The van der Waals surface area contributed by atoms with E-state index in [-0.39, 0.29) is 0 Å². The van der Waals surface area contributed by atoms with Gasteiger partial charge in [-0.15, -0.1) is 0 Å². The quantitative estimate of drug-likeness (QED) is 0.784. The molecule has 0 spiro atoms. The number of rotatable bonds is 6. The molecule has 0 bridgehead atoms. The van der Waals surface area contributed by atoms with E-state index in [1.807, 2.05) is 24.3 Å². The van der Waals surface area contributed by atoms with Crippen LogP contribution in [0.5, 0.6) is 5.75 Å². The number of aliphatic hydroxyl groups excluding tert-OH is 1. The minimum absolute atomic E-state index is 0.483. The van der Waals surface area contributed by atoms with Crippen LogP contribution in [0.25, 0.3) is 0 Å². The Labute approximate surface area is 121 Å². The molecule has 1 aromatic carbocycles. The number of benzene rings is 1. The molecule has 0 aliphatic heterocycles. The van der Waals surface area contributed by atoms with Crippen molar-refractivity contribution in [2.24, 2.45) is 11.7 Å².